The van der Waals surface area contributed by atoms with Crippen LogP contribution in [0.25, 0.3) is 0 Å². The Morgan fingerprint density at radius 1 is 0.917 bits per heavy atom. The van der Waals surface area contributed by atoms with E-state index in [1.165, 1.54) is 13.1 Å². The molecule has 12 heavy (non-hydrogen) atoms. The normalized spacial score (nSPS) is 8.00. The van der Waals surface area contributed by atoms with Gasteiger partial charge in [-0.15, -0.1) is 0 Å². The molecule has 0 aliphatic heterocycles. The van der Waals surface area contributed by atoms with Crippen molar-refractivity contribution < 1.29 is 0 Å². The van der Waals surface area contributed by atoms with Crippen LogP contribution in [0.5, 0.6) is 0 Å². The molecule has 0 aliphatic rings. The second-order valence-electron chi connectivity index (χ2n) is 2.64. The molecule has 0 fully saturated rings. The molecule has 0 nitrogen and oxygen atoms in total. The molecule has 0 aromatic heterocycles. The first kappa shape index (κ1) is 12.9. The zero-order valence-electron chi connectivity index (χ0n) is 6.76. The van der Waals surface area contributed by atoms with E-state index in [1.54, 1.807) is 0 Å². The fourth-order valence-corrected chi connectivity index (χ4v) is 1.31. The first-order chi connectivity index (χ1) is 5.54. The van der Waals surface area contributed by atoms with Gasteiger partial charge in [0.25, 0.3) is 0 Å². The van der Waals surface area contributed by atoms with Gasteiger partial charge in [0.2, 0.25) is 0 Å². The Morgan fingerprint density at radius 2 is 1.33 bits per heavy atom. The maximum absolute atomic E-state index is 5.45. The first-order valence-electron chi connectivity index (χ1n) is 3.57. The summed E-state index contributed by atoms with van der Waals surface area (Å²) in [5, 5.41) is 0. The molecular weight excluding hydrogens is 151 g/mol. The number of hydrogen-bond acceptors (Lipinski definition) is 1. The Balaban J connectivity index is 4.33. The Morgan fingerprint density at radius 3 is 1.42 bits per heavy atom. The van der Waals surface area contributed by atoms with E-state index in [4.69, 9.17) is 50.7 Å². The average Bonchev–Trinajstić information content (AvgIpc) is 1.98. The average molecular weight is 151 g/mol. The predicted octanol–water partition coefficient (Wildman–Crippen LogP) is -3.54. The van der Waals surface area contributed by atoms with Gasteiger partial charge < -0.3 is 0 Å². The summed E-state index contributed by atoms with van der Waals surface area (Å²) in [6.07, 6.45) is -1.71. The molecule has 11 radical (unpaired) electrons. The monoisotopic (exact) mass is 153 g/mol. The van der Waals surface area contributed by atoms with E-state index in [0.29, 0.717) is 0 Å². The van der Waals surface area contributed by atoms with Gasteiger partial charge in [-0.1, -0.05) is 0 Å². The molecule has 0 amide bonds. The van der Waals surface area contributed by atoms with Crippen LogP contribution >= 0.6 is 12.1 Å². The van der Waals surface area contributed by atoms with Gasteiger partial charge >= 0.3 is 89.4 Å². The summed E-state index contributed by atoms with van der Waals surface area (Å²) >= 11 is 4.74. The third-order valence-electron chi connectivity index (χ3n) is 1.71. The van der Waals surface area contributed by atoms with Gasteiger partial charge in [0, 0.05) is 0 Å². The molecule has 0 saturated heterocycles. The van der Waals surface area contributed by atoms with E-state index in [2.05, 4.69) is 0 Å². The van der Waals surface area contributed by atoms with Crippen LogP contribution in [0, 0.1) is 0 Å². The Hall–Kier alpha value is 0.934. The van der Waals surface area contributed by atoms with Gasteiger partial charge in [-0.2, -0.15) is 0 Å². The SMILES string of the molecule is [B][B]B(B([B])[B])B(B=S)B([B])[B]. The van der Waals surface area contributed by atoms with Crippen molar-refractivity contribution >= 4 is 89.4 Å². The van der Waals surface area contributed by atoms with Gasteiger partial charge in [0.05, 0.1) is 0 Å². The zero-order chi connectivity index (χ0) is 9.72. The van der Waals surface area contributed by atoms with E-state index in [-0.39, 0.29) is 12.8 Å². The Bertz CT molecular complexity index is 127. The van der Waals surface area contributed by atoms with Crippen LogP contribution in [0.4, 0.5) is 0 Å². The number of hydrogen-bond donors (Lipinski definition) is 0. The van der Waals surface area contributed by atoms with Crippen molar-refractivity contribution in [2.75, 3.05) is 0 Å². The summed E-state index contributed by atoms with van der Waals surface area (Å²) in [5.41, 5.74) is 0. The molecule has 0 unspecified atom stereocenters. The minimum atomic E-state index is -0.589. The minimum absolute atomic E-state index is 0.259. The Kier molecular flexibility index (Phi) is 6.90. The van der Waals surface area contributed by atoms with Crippen molar-refractivity contribution in [2.45, 2.75) is 0 Å². The van der Waals surface area contributed by atoms with Crippen LogP contribution in [0.1, 0.15) is 0 Å². The molecule has 12 heteroatoms. The maximum atomic E-state index is 5.45. The van der Waals surface area contributed by atoms with Crippen LogP contribution in [-0.2, 0) is 0 Å². The molecule has 0 bridgehead atoms. The van der Waals surface area contributed by atoms with Crippen molar-refractivity contribution in [3.63, 3.8) is 0 Å². The van der Waals surface area contributed by atoms with Gasteiger partial charge in [0.1, 0.15) is 0 Å². The van der Waals surface area contributed by atoms with Crippen molar-refractivity contribution in [1.82, 2.24) is 0 Å². The Labute approximate surface area is 89.5 Å². The van der Waals surface area contributed by atoms with Gasteiger partial charge in [-0.05, 0) is 0 Å². The molecule has 0 saturated carbocycles. The topological polar surface area (TPSA) is 0 Å². The van der Waals surface area contributed by atoms with Gasteiger partial charge in [-0.3, -0.25) is 0 Å². The van der Waals surface area contributed by atoms with E-state index >= 15 is 0 Å². The first-order valence-corrected chi connectivity index (χ1v) is 4.04. The fraction of sp³-hybridized carbons (Fsp3) is 0. The third-order valence-corrected chi connectivity index (χ3v) is 2.03. The molecule has 0 aromatic rings. The third kappa shape index (κ3) is 3.76. The van der Waals surface area contributed by atoms with E-state index in [9.17, 15) is 0 Å². The van der Waals surface area contributed by atoms with Crippen LogP contribution in [-0.4, -0.2) is 77.3 Å². The van der Waals surface area contributed by atoms with Crippen LogP contribution < -0.4 is 0 Å². The number of rotatable bonds is 5. The molecular formula is B11S. The van der Waals surface area contributed by atoms with Gasteiger partial charge in [0.15, 0.2) is 0 Å². The molecule has 0 N–H and O–H groups in total. The van der Waals surface area contributed by atoms with Crippen LogP contribution in [0.15, 0.2) is 0 Å². The molecule has 0 heterocycles. The summed E-state index contributed by atoms with van der Waals surface area (Å²) in [6, 6.07) is 1.45. The standard InChI is InChI=1S/B11S/c1-6-10(8(2)3)11(7-12)9(4)5. The quantitative estimate of drug-likeness (QED) is 0.367. The van der Waals surface area contributed by atoms with Crippen molar-refractivity contribution in [1.29, 1.82) is 0 Å². The van der Waals surface area contributed by atoms with E-state index < -0.39 is 12.8 Å². The molecule has 0 rings (SSSR count). The summed E-state index contributed by atoms with van der Waals surface area (Å²) < 4.78 is 0. The predicted molar refractivity (Wildman–Crippen MR) is 70.9 cm³/mol. The summed E-state index contributed by atoms with van der Waals surface area (Å²) in [6.45, 7) is 0. The second-order valence-corrected chi connectivity index (χ2v) is 2.91. The van der Waals surface area contributed by atoms with Crippen LogP contribution in [0.2, 0.25) is 0 Å². The molecule has 0 aliphatic carbocycles. The van der Waals surface area contributed by atoms with E-state index in [0.717, 1.165) is 0 Å². The molecule has 39 valence electrons. The molecule has 0 spiro atoms. The molecule has 0 atom stereocenters. The van der Waals surface area contributed by atoms with Crippen molar-refractivity contribution in [3.8, 4) is 0 Å². The second kappa shape index (κ2) is 6.40. The zero-order valence-corrected chi connectivity index (χ0v) is 7.58. The van der Waals surface area contributed by atoms with E-state index in [1.807, 2.05) is 0 Å². The summed E-state index contributed by atoms with van der Waals surface area (Å²) in [4.78, 5) is 0. The van der Waals surface area contributed by atoms with Crippen molar-refractivity contribution in [2.24, 2.45) is 0 Å². The van der Waals surface area contributed by atoms with Gasteiger partial charge in [-0.25, -0.2) is 0 Å². The summed E-state index contributed by atoms with van der Waals surface area (Å²) in [5.74, 6) is 0. The fourth-order valence-electron chi connectivity index (χ4n) is 0.951. The molecule has 0 aromatic carbocycles. The van der Waals surface area contributed by atoms with Crippen LogP contribution in [0.3, 0.4) is 0 Å². The summed E-state index contributed by atoms with van der Waals surface area (Å²) in [7, 11) is 28.5. The van der Waals surface area contributed by atoms with Crippen molar-refractivity contribution in [3.05, 3.63) is 0 Å².